The van der Waals surface area contributed by atoms with Gasteiger partial charge in [-0.25, -0.2) is 4.79 Å². The van der Waals surface area contributed by atoms with Gasteiger partial charge in [-0.1, -0.05) is 48.5 Å². The third-order valence-corrected chi connectivity index (χ3v) is 4.26. The average molecular weight is 419 g/mol. The number of hydrogen-bond acceptors (Lipinski definition) is 6. The van der Waals surface area contributed by atoms with Crippen molar-refractivity contribution in [3.05, 3.63) is 95.6 Å². The van der Waals surface area contributed by atoms with Crippen LogP contribution in [0.25, 0.3) is 0 Å². The summed E-state index contributed by atoms with van der Waals surface area (Å²) in [6, 6.07) is 22.5. The van der Waals surface area contributed by atoms with Gasteiger partial charge in [0, 0.05) is 5.56 Å². The number of hydrogen-bond donors (Lipinski definition) is 1. The van der Waals surface area contributed by atoms with Crippen molar-refractivity contribution in [2.24, 2.45) is 0 Å². The Hall–Kier alpha value is -4.13. The van der Waals surface area contributed by atoms with E-state index in [4.69, 9.17) is 14.2 Å². The van der Waals surface area contributed by atoms with Crippen molar-refractivity contribution in [3.8, 4) is 11.5 Å². The topological polar surface area (TPSA) is 90.9 Å². The van der Waals surface area contributed by atoms with Gasteiger partial charge in [0.1, 0.15) is 6.61 Å². The van der Waals surface area contributed by atoms with E-state index in [1.807, 2.05) is 30.3 Å². The zero-order valence-corrected chi connectivity index (χ0v) is 16.9. The van der Waals surface area contributed by atoms with Crippen LogP contribution in [-0.2, 0) is 16.1 Å². The van der Waals surface area contributed by atoms with Crippen LogP contribution in [-0.4, -0.2) is 31.5 Å². The summed E-state index contributed by atoms with van der Waals surface area (Å²) >= 11 is 0. The molecule has 3 aromatic carbocycles. The molecule has 2 amide bonds. The van der Waals surface area contributed by atoms with Gasteiger partial charge in [-0.05, 0) is 35.9 Å². The molecule has 0 saturated heterocycles. The summed E-state index contributed by atoms with van der Waals surface area (Å²) in [6.45, 7) is -0.247. The van der Waals surface area contributed by atoms with E-state index < -0.39 is 24.4 Å². The molecule has 7 heteroatoms. The van der Waals surface area contributed by atoms with Crippen molar-refractivity contribution in [2.75, 3.05) is 13.7 Å². The number of ether oxygens (including phenoxy) is 3. The molecule has 0 aliphatic carbocycles. The number of rotatable bonds is 8. The van der Waals surface area contributed by atoms with Crippen LogP contribution in [0.3, 0.4) is 0 Å². The van der Waals surface area contributed by atoms with Crippen molar-refractivity contribution in [3.63, 3.8) is 0 Å². The van der Waals surface area contributed by atoms with E-state index in [-0.39, 0.29) is 5.56 Å². The second-order valence-corrected chi connectivity index (χ2v) is 6.46. The van der Waals surface area contributed by atoms with Gasteiger partial charge in [-0.15, -0.1) is 0 Å². The molecule has 0 unspecified atom stereocenters. The molecule has 0 aliphatic rings. The number of esters is 1. The summed E-state index contributed by atoms with van der Waals surface area (Å²) in [5.74, 6) is -1.20. The Morgan fingerprint density at radius 1 is 0.806 bits per heavy atom. The van der Waals surface area contributed by atoms with Crippen molar-refractivity contribution >= 4 is 17.8 Å². The molecule has 0 bridgehead atoms. The molecule has 0 fully saturated rings. The molecule has 0 radical (unpaired) electrons. The Bertz CT molecular complexity index is 1050. The third kappa shape index (κ3) is 6.17. The highest BCUT2D eigenvalue weighted by Crippen LogP contribution is 2.29. The molecule has 7 nitrogen and oxygen atoms in total. The Kier molecular flexibility index (Phi) is 7.37. The zero-order chi connectivity index (χ0) is 22.1. The highest BCUT2D eigenvalue weighted by atomic mass is 16.5. The first-order valence-electron chi connectivity index (χ1n) is 9.48. The summed E-state index contributed by atoms with van der Waals surface area (Å²) in [5, 5.41) is 2.17. The van der Waals surface area contributed by atoms with Crippen molar-refractivity contribution in [2.45, 2.75) is 6.61 Å². The second-order valence-electron chi connectivity index (χ2n) is 6.46. The van der Waals surface area contributed by atoms with Crippen molar-refractivity contribution < 1.29 is 28.6 Å². The molecule has 0 atom stereocenters. The van der Waals surface area contributed by atoms with Crippen molar-refractivity contribution in [1.29, 1.82) is 0 Å². The van der Waals surface area contributed by atoms with Gasteiger partial charge in [0.25, 0.3) is 11.8 Å². The molecular formula is C24H21NO6. The van der Waals surface area contributed by atoms with Gasteiger partial charge in [-0.3, -0.25) is 14.9 Å². The Balaban J connectivity index is 1.54. The maximum atomic E-state index is 12.3. The van der Waals surface area contributed by atoms with Crippen LogP contribution in [0.15, 0.2) is 78.9 Å². The molecule has 0 aromatic heterocycles. The SMILES string of the molecule is COc1cc(C(=O)OCC(=O)NC(=O)c2ccccc2)ccc1OCc1ccccc1. The van der Waals surface area contributed by atoms with Crippen LogP contribution >= 0.6 is 0 Å². The first-order valence-corrected chi connectivity index (χ1v) is 9.48. The molecule has 158 valence electrons. The van der Waals surface area contributed by atoms with E-state index >= 15 is 0 Å². The second kappa shape index (κ2) is 10.6. The molecule has 1 N–H and O–H groups in total. The monoisotopic (exact) mass is 419 g/mol. The maximum absolute atomic E-state index is 12.3. The molecule has 0 aliphatic heterocycles. The van der Waals surface area contributed by atoms with Crippen LogP contribution in [0, 0.1) is 0 Å². The van der Waals surface area contributed by atoms with Gasteiger partial charge in [0.2, 0.25) is 0 Å². The molecule has 0 spiro atoms. The quantitative estimate of drug-likeness (QED) is 0.563. The highest BCUT2D eigenvalue weighted by Gasteiger charge is 2.16. The predicted octanol–water partition coefficient (Wildman–Crippen LogP) is 3.39. The lowest BCUT2D eigenvalue weighted by Crippen LogP contribution is -2.34. The number of benzene rings is 3. The normalized spacial score (nSPS) is 10.1. The number of carbonyl (C=O) groups excluding carboxylic acids is 3. The first kappa shape index (κ1) is 21.6. The van der Waals surface area contributed by atoms with E-state index in [9.17, 15) is 14.4 Å². The number of amides is 2. The van der Waals surface area contributed by atoms with Crippen LogP contribution in [0.2, 0.25) is 0 Å². The molecule has 0 saturated carbocycles. The van der Waals surface area contributed by atoms with E-state index in [0.717, 1.165) is 5.56 Å². The van der Waals surface area contributed by atoms with E-state index in [1.54, 1.807) is 36.4 Å². The summed E-state index contributed by atoms with van der Waals surface area (Å²) in [5.41, 5.74) is 1.51. The van der Waals surface area contributed by atoms with Crippen LogP contribution in [0.4, 0.5) is 0 Å². The Morgan fingerprint density at radius 3 is 2.16 bits per heavy atom. The number of methoxy groups -OCH3 is 1. The van der Waals surface area contributed by atoms with Gasteiger partial charge in [0.05, 0.1) is 12.7 Å². The summed E-state index contributed by atoms with van der Waals surface area (Å²) in [4.78, 5) is 36.1. The Morgan fingerprint density at radius 2 is 1.48 bits per heavy atom. The lowest BCUT2D eigenvalue weighted by atomic mass is 10.2. The fraction of sp³-hybridized carbons (Fsp3) is 0.125. The van der Waals surface area contributed by atoms with Gasteiger partial charge in [0.15, 0.2) is 18.1 Å². The van der Waals surface area contributed by atoms with Crippen LogP contribution in [0.5, 0.6) is 11.5 Å². The van der Waals surface area contributed by atoms with E-state index in [2.05, 4.69) is 5.32 Å². The molecule has 0 heterocycles. The maximum Gasteiger partial charge on any atom is 0.338 e. The van der Waals surface area contributed by atoms with Crippen LogP contribution < -0.4 is 14.8 Å². The largest absolute Gasteiger partial charge is 0.493 e. The van der Waals surface area contributed by atoms with Gasteiger partial charge in [-0.2, -0.15) is 0 Å². The third-order valence-electron chi connectivity index (χ3n) is 4.26. The lowest BCUT2D eigenvalue weighted by molar-refractivity contribution is -0.123. The minimum atomic E-state index is -0.727. The minimum Gasteiger partial charge on any atom is -0.493 e. The number of nitrogens with one attached hydrogen (secondary N) is 1. The fourth-order valence-corrected chi connectivity index (χ4v) is 2.69. The zero-order valence-electron chi connectivity index (χ0n) is 16.9. The fourth-order valence-electron chi connectivity index (χ4n) is 2.69. The minimum absolute atomic E-state index is 0.186. The van der Waals surface area contributed by atoms with Crippen LogP contribution in [0.1, 0.15) is 26.3 Å². The summed E-state index contributed by atoms with van der Waals surface area (Å²) in [7, 11) is 1.46. The lowest BCUT2D eigenvalue weighted by Gasteiger charge is -2.12. The summed E-state index contributed by atoms with van der Waals surface area (Å²) < 4.78 is 16.0. The Labute approximate surface area is 179 Å². The van der Waals surface area contributed by atoms with E-state index in [0.29, 0.717) is 23.7 Å². The highest BCUT2D eigenvalue weighted by molar-refractivity contribution is 6.05. The molecule has 3 rings (SSSR count). The number of imide groups is 1. The predicted molar refractivity (Wildman–Crippen MR) is 113 cm³/mol. The average Bonchev–Trinajstić information content (AvgIpc) is 2.82. The molecular weight excluding hydrogens is 398 g/mol. The molecule has 31 heavy (non-hydrogen) atoms. The van der Waals surface area contributed by atoms with E-state index in [1.165, 1.54) is 19.2 Å². The molecule has 3 aromatic rings. The first-order chi connectivity index (χ1) is 15.1. The standard InChI is InChI=1S/C24H21NO6/c1-29-21-14-19(12-13-20(21)30-15-17-8-4-2-5-9-17)24(28)31-16-22(26)25-23(27)18-10-6-3-7-11-18/h2-14H,15-16H2,1H3,(H,25,26,27). The van der Waals surface area contributed by atoms with Gasteiger partial charge >= 0.3 is 5.97 Å². The van der Waals surface area contributed by atoms with Crippen molar-refractivity contribution in [1.82, 2.24) is 5.32 Å². The number of carbonyl (C=O) groups is 3. The smallest absolute Gasteiger partial charge is 0.338 e. The van der Waals surface area contributed by atoms with Gasteiger partial charge < -0.3 is 14.2 Å². The summed E-state index contributed by atoms with van der Waals surface area (Å²) in [6.07, 6.45) is 0.